The molecule has 0 spiro atoms. The fourth-order valence-electron chi connectivity index (χ4n) is 12.6. The minimum Gasteiger partial charge on any atom is -0.488 e. The number of imide groups is 2. The van der Waals surface area contributed by atoms with E-state index in [0.717, 1.165) is 68.1 Å². The number of ether oxygens (including phenoxy) is 1. The number of amides is 5. The van der Waals surface area contributed by atoms with Crippen LogP contribution in [0.3, 0.4) is 0 Å². The van der Waals surface area contributed by atoms with Crippen LogP contribution in [0.2, 0.25) is 0 Å². The van der Waals surface area contributed by atoms with Crippen molar-refractivity contribution in [3.8, 4) is 16.9 Å². The van der Waals surface area contributed by atoms with Gasteiger partial charge in [-0.2, -0.15) is 0 Å². The Hall–Kier alpha value is -7.38. The predicted octanol–water partition coefficient (Wildman–Crippen LogP) is 4.01. The fourth-order valence-corrected chi connectivity index (χ4v) is 12.6. The predicted molar refractivity (Wildman–Crippen MR) is 267 cm³/mol. The molecule has 1 aliphatic carbocycles. The summed E-state index contributed by atoms with van der Waals surface area (Å²) in [6, 6.07) is 12.5. The molecular weight excluding hydrogens is 919 g/mol. The number of aliphatic hydroxyl groups is 1. The zero-order valence-electron chi connectivity index (χ0n) is 40.8. The molecule has 3 fully saturated rings. The second-order valence-corrected chi connectivity index (χ2v) is 21.2. The van der Waals surface area contributed by atoms with Crippen LogP contribution in [0.25, 0.3) is 11.1 Å². The Morgan fingerprint density at radius 2 is 1.72 bits per heavy atom. The van der Waals surface area contributed by atoms with E-state index < -0.39 is 29.7 Å². The van der Waals surface area contributed by atoms with Crippen LogP contribution in [-0.4, -0.2) is 127 Å². The maximum atomic E-state index is 14.0. The molecule has 4 atom stereocenters. The van der Waals surface area contributed by atoms with Crippen molar-refractivity contribution >= 4 is 58.2 Å². The number of piperidine rings is 2. The highest BCUT2D eigenvalue weighted by Gasteiger charge is 2.49. The van der Waals surface area contributed by atoms with Crippen molar-refractivity contribution in [2.75, 3.05) is 59.3 Å². The number of piperazine rings is 1. The minimum atomic E-state index is -1.04. The molecule has 12 rings (SSSR count). The molecule has 0 saturated carbocycles. The smallest absolute Gasteiger partial charge is 0.276 e. The third kappa shape index (κ3) is 7.45. The number of carbonyl (C=O) groups is 5. The van der Waals surface area contributed by atoms with Gasteiger partial charge in [0.25, 0.3) is 23.3 Å². The first-order valence-corrected chi connectivity index (χ1v) is 25.0. The van der Waals surface area contributed by atoms with Gasteiger partial charge in [-0.15, -0.1) is 0 Å². The molecule has 4 aromatic heterocycles. The number of aromatic nitrogens is 4. The van der Waals surface area contributed by atoms with Crippen LogP contribution in [0.15, 0.2) is 65.8 Å². The van der Waals surface area contributed by atoms with Gasteiger partial charge >= 0.3 is 0 Å². The van der Waals surface area contributed by atoms with E-state index in [-0.39, 0.29) is 59.5 Å². The Labute approximate surface area is 415 Å². The van der Waals surface area contributed by atoms with E-state index in [2.05, 4.69) is 55.7 Å². The Balaban J connectivity index is 0.694. The summed E-state index contributed by atoms with van der Waals surface area (Å²) in [5.41, 5.74) is 7.36. The number of nitrogens with zero attached hydrogens (tertiary/aromatic N) is 9. The summed E-state index contributed by atoms with van der Waals surface area (Å²) in [4.78, 5) is 98.5. The van der Waals surface area contributed by atoms with Crippen molar-refractivity contribution in [2.45, 2.75) is 96.6 Å². The van der Waals surface area contributed by atoms with Crippen LogP contribution < -0.4 is 35.6 Å². The topological polar surface area (TPSA) is 208 Å². The number of rotatable bonds is 8. The first kappa shape index (κ1) is 45.7. The van der Waals surface area contributed by atoms with Gasteiger partial charge in [-0.25, -0.2) is 9.97 Å². The number of fused-ring (bicyclic) bond motifs is 8. The molecule has 19 heteroatoms. The van der Waals surface area contributed by atoms with Gasteiger partial charge in [0.15, 0.2) is 5.75 Å². The molecule has 10 heterocycles. The van der Waals surface area contributed by atoms with Crippen molar-refractivity contribution in [2.24, 2.45) is 12.5 Å². The van der Waals surface area contributed by atoms with E-state index in [1.54, 1.807) is 42.5 Å². The van der Waals surface area contributed by atoms with E-state index in [1.807, 2.05) is 30.5 Å². The molecule has 72 heavy (non-hydrogen) atoms. The van der Waals surface area contributed by atoms with Gasteiger partial charge in [-0.05, 0) is 98.0 Å². The lowest BCUT2D eigenvalue weighted by atomic mass is 9.90. The van der Waals surface area contributed by atoms with Gasteiger partial charge in [0, 0.05) is 94.0 Å². The highest BCUT2D eigenvalue weighted by atomic mass is 16.5. The van der Waals surface area contributed by atoms with Crippen LogP contribution in [0.4, 0.5) is 28.7 Å². The van der Waals surface area contributed by atoms with Crippen molar-refractivity contribution in [3.05, 3.63) is 105 Å². The monoisotopic (exact) mass is 975 g/mol. The van der Waals surface area contributed by atoms with Crippen molar-refractivity contribution in [1.82, 2.24) is 34.2 Å². The zero-order chi connectivity index (χ0) is 49.9. The SMILES string of the molecule is C[C@H]1CN([C@H]2CCN3c4ccc5c(c4OC[C@H]3C2)C(=O)N(C2CCC(=O)NC2=O)C5=O)CCN1c1ccc(Nc2cc(-c3ccnc(N4CCn5c(cc6c5CC(C)(C)C6)C4=O)c3CO)cn(C)c2=O)nc1. The molecule has 19 nitrogen and oxygen atoms in total. The molecule has 5 amide bonds. The first-order valence-electron chi connectivity index (χ1n) is 25.0. The van der Waals surface area contributed by atoms with Gasteiger partial charge < -0.3 is 34.1 Å². The lowest BCUT2D eigenvalue weighted by Crippen LogP contribution is -2.59. The van der Waals surface area contributed by atoms with Crippen molar-refractivity contribution < 1.29 is 33.8 Å². The normalized spacial score (nSPS) is 23.6. The average Bonchev–Trinajstić information content (AvgIpc) is 3.96. The Morgan fingerprint density at radius 3 is 2.50 bits per heavy atom. The summed E-state index contributed by atoms with van der Waals surface area (Å²) in [6.07, 6.45) is 9.00. The molecule has 0 radical (unpaired) electrons. The van der Waals surface area contributed by atoms with Gasteiger partial charge in [-0.3, -0.25) is 48.8 Å². The highest BCUT2D eigenvalue weighted by molar-refractivity contribution is 6.25. The lowest BCUT2D eigenvalue weighted by Gasteiger charge is -2.50. The summed E-state index contributed by atoms with van der Waals surface area (Å²) in [5.74, 6) is -1.01. The van der Waals surface area contributed by atoms with Crippen molar-refractivity contribution in [1.29, 1.82) is 0 Å². The Kier molecular flexibility index (Phi) is 10.9. The van der Waals surface area contributed by atoms with Gasteiger partial charge in [-0.1, -0.05) is 13.8 Å². The van der Waals surface area contributed by atoms with Crippen LogP contribution >= 0.6 is 0 Å². The first-order chi connectivity index (χ1) is 34.7. The van der Waals surface area contributed by atoms with Gasteiger partial charge in [0.05, 0.1) is 41.3 Å². The van der Waals surface area contributed by atoms with E-state index in [1.165, 1.54) is 15.8 Å². The number of anilines is 5. The quantitative estimate of drug-likeness (QED) is 0.188. The summed E-state index contributed by atoms with van der Waals surface area (Å²) >= 11 is 0. The van der Waals surface area contributed by atoms with E-state index >= 15 is 0 Å². The maximum absolute atomic E-state index is 14.0. The van der Waals surface area contributed by atoms with Gasteiger partial charge in [0.2, 0.25) is 11.8 Å². The Bertz CT molecular complexity index is 3200. The molecule has 5 aromatic rings. The minimum absolute atomic E-state index is 0.0554. The number of pyridine rings is 3. The molecule has 6 aliphatic heterocycles. The molecule has 1 unspecified atom stereocenters. The van der Waals surface area contributed by atoms with E-state index in [0.29, 0.717) is 71.2 Å². The third-order valence-electron chi connectivity index (χ3n) is 16.0. The molecule has 3 saturated heterocycles. The number of aliphatic hydroxyl groups excluding tert-OH is 1. The second-order valence-electron chi connectivity index (χ2n) is 21.2. The summed E-state index contributed by atoms with van der Waals surface area (Å²) in [6.45, 7) is 11.1. The maximum Gasteiger partial charge on any atom is 0.276 e. The zero-order valence-corrected chi connectivity index (χ0v) is 40.8. The third-order valence-corrected chi connectivity index (χ3v) is 16.0. The number of hydrogen-bond donors (Lipinski definition) is 3. The molecular formula is C53H57N11O8. The number of hydrogen-bond acceptors (Lipinski definition) is 14. The van der Waals surface area contributed by atoms with E-state index in [4.69, 9.17) is 9.72 Å². The van der Waals surface area contributed by atoms with Crippen LogP contribution in [0.5, 0.6) is 5.75 Å². The number of carbonyl (C=O) groups excluding carboxylic acids is 5. The largest absolute Gasteiger partial charge is 0.488 e. The standard InChI is InChI=1S/C53H57N11O8/c1-29-25-59(32-12-14-61-34(21-32)28-72-46-39(61)7-6-36-45(46)52(71)64(49(36)68)40-8-10-44(66)57-48(40)67)15-16-60(29)33-5-9-43(55-24-33)56-38-19-31(26-58(4)50(38)69)35-11-13-54-47(37(35)27-65)63-18-17-62-41(51(63)70)20-30-22-53(2,3)23-42(30)62/h5-7,9,11,13,19-20,24,26,29,32,34,40,65H,8,10,12,14-18,21-23,25,27-28H2,1-4H3,(H,55,56)(H,57,66,67)/t29-,32-,34+,40?/m0/s1. The average molecular weight is 976 g/mol. The number of aryl methyl sites for hydroxylation is 1. The van der Waals surface area contributed by atoms with Crippen molar-refractivity contribution in [3.63, 3.8) is 0 Å². The Morgan fingerprint density at radius 1 is 0.875 bits per heavy atom. The van der Waals surface area contributed by atoms with Gasteiger partial charge in [0.1, 0.15) is 35.7 Å². The molecule has 0 bridgehead atoms. The summed E-state index contributed by atoms with van der Waals surface area (Å²) in [7, 11) is 1.68. The second kappa shape index (κ2) is 17.1. The molecule has 7 aliphatic rings. The van der Waals surface area contributed by atoms with Crippen LogP contribution in [0, 0.1) is 5.41 Å². The summed E-state index contributed by atoms with van der Waals surface area (Å²) < 4.78 is 9.99. The number of benzene rings is 1. The van der Waals surface area contributed by atoms with Crippen LogP contribution in [-0.2, 0) is 42.6 Å². The molecule has 3 N–H and O–H groups in total. The molecule has 372 valence electrons. The van der Waals surface area contributed by atoms with E-state index in [9.17, 15) is 33.9 Å². The molecule has 1 aromatic carbocycles. The lowest BCUT2D eigenvalue weighted by molar-refractivity contribution is -0.136. The fraction of sp³-hybridized carbons (Fsp3) is 0.434. The summed E-state index contributed by atoms with van der Waals surface area (Å²) in [5, 5.41) is 16.3. The highest BCUT2D eigenvalue weighted by Crippen LogP contribution is 2.46. The number of nitrogens with one attached hydrogen (secondary N) is 2. The van der Waals surface area contributed by atoms with Crippen LogP contribution in [0.1, 0.15) is 94.5 Å².